The van der Waals surface area contributed by atoms with Gasteiger partial charge in [0.2, 0.25) is 0 Å². The summed E-state index contributed by atoms with van der Waals surface area (Å²) in [6.07, 6.45) is 1.02. The van der Waals surface area contributed by atoms with Gasteiger partial charge in [0.05, 0.1) is 0 Å². The molecule has 6 nitrogen and oxygen atoms in total. The van der Waals surface area contributed by atoms with Crippen molar-refractivity contribution in [2.45, 2.75) is 13.3 Å². The topological polar surface area (TPSA) is 78.9 Å². The molecule has 1 rings (SSSR count). The van der Waals surface area contributed by atoms with Crippen LogP contribution >= 0.6 is 0 Å². The van der Waals surface area contributed by atoms with Gasteiger partial charge < -0.3 is 16.0 Å². The maximum absolute atomic E-state index is 11.2. The molecule has 1 amide bonds. The average molecular weight is 237 g/mol. The summed E-state index contributed by atoms with van der Waals surface area (Å²) in [4.78, 5) is 11.2. The van der Waals surface area contributed by atoms with Crippen LogP contribution in [0.15, 0.2) is 12.1 Å². The molecule has 3 N–H and O–H groups in total. The second-order valence-electron chi connectivity index (χ2n) is 3.52. The molecule has 0 aliphatic carbocycles. The summed E-state index contributed by atoms with van der Waals surface area (Å²) < 4.78 is 0. The first-order valence-corrected chi connectivity index (χ1v) is 5.78. The Hall–Kier alpha value is -1.69. The molecule has 0 spiro atoms. The number of aromatic nitrogens is 2. The van der Waals surface area contributed by atoms with Crippen LogP contribution in [0.4, 0.5) is 5.82 Å². The average Bonchev–Trinajstić information content (AvgIpc) is 2.38. The quantitative estimate of drug-likeness (QED) is 0.592. The van der Waals surface area contributed by atoms with E-state index in [9.17, 15) is 4.79 Å². The second kappa shape index (κ2) is 7.56. The van der Waals surface area contributed by atoms with Gasteiger partial charge in [-0.05, 0) is 31.6 Å². The van der Waals surface area contributed by atoms with Gasteiger partial charge in [-0.25, -0.2) is 0 Å². The van der Waals surface area contributed by atoms with E-state index in [0.29, 0.717) is 11.5 Å². The van der Waals surface area contributed by atoms with Gasteiger partial charge in [-0.1, -0.05) is 6.92 Å². The molecule has 1 heterocycles. The van der Waals surface area contributed by atoms with Gasteiger partial charge >= 0.3 is 0 Å². The van der Waals surface area contributed by atoms with Gasteiger partial charge in [-0.3, -0.25) is 4.79 Å². The lowest BCUT2D eigenvalue weighted by atomic mass is 10.3. The molecular formula is C11H19N5O. The van der Waals surface area contributed by atoms with Crippen LogP contribution in [-0.2, 0) is 0 Å². The summed E-state index contributed by atoms with van der Waals surface area (Å²) in [5, 5.41) is 16.6. The van der Waals surface area contributed by atoms with Crippen molar-refractivity contribution in [1.29, 1.82) is 0 Å². The molecule has 0 atom stereocenters. The smallest absolute Gasteiger partial charge is 0.271 e. The van der Waals surface area contributed by atoms with E-state index >= 15 is 0 Å². The van der Waals surface area contributed by atoms with Crippen LogP contribution in [0.2, 0.25) is 0 Å². The minimum Gasteiger partial charge on any atom is -0.369 e. The number of anilines is 1. The maximum atomic E-state index is 11.2. The van der Waals surface area contributed by atoms with E-state index < -0.39 is 0 Å². The van der Waals surface area contributed by atoms with E-state index in [0.717, 1.165) is 26.1 Å². The third kappa shape index (κ3) is 4.78. The van der Waals surface area contributed by atoms with E-state index in [4.69, 9.17) is 0 Å². The molecule has 0 bridgehead atoms. The van der Waals surface area contributed by atoms with Crippen LogP contribution in [-0.4, -0.2) is 42.8 Å². The van der Waals surface area contributed by atoms with Gasteiger partial charge in [0.15, 0.2) is 5.69 Å². The molecule has 0 fully saturated rings. The first kappa shape index (κ1) is 13.4. The van der Waals surface area contributed by atoms with E-state index in [1.54, 1.807) is 19.2 Å². The van der Waals surface area contributed by atoms with Crippen molar-refractivity contribution in [1.82, 2.24) is 20.8 Å². The fourth-order valence-corrected chi connectivity index (χ4v) is 1.28. The molecule has 0 saturated heterocycles. The highest BCUT2D eigenvalue weighted by molar-refractivity contribution is 5.91. The lowest BCUT2D eigenvalue weighted by Crippen LogP contribution is -2.20. The zero-order chi connectivity index (χ0) is 12.5. The van der Waals surface area contributed by atoms with Gasteiger partial charge in [0.1, 0.15) is 5.82 Å². The lowest BCUT2D eigenvalue weighted by molar-refractivity contribution is 0.0957. The predicted molar refractivity (Wildman–Crippen MR) is 67.1 cm³/mol. The fraction of sp³-hybridized carbons (Fsp3) is 0.545. The van der Waals surface area contributed by atoms with Crippen LogP contribution in [0.3, 0.4) is 0 Å². The highest BCUT2D eigenvalue weighted by Crippen LogP contribution is 2.01. The summed E-state index contributed by atoms with van der Waals surface area (Å²) in [7, 11) is 1.57. The van der Waals surface area contributed by atoms with Crippen LogP contribution in [0, 0.1) is 0 Å². The molecule has 1 aromatic heterocycles. The zero-order valence-electron chi connectivity index (χ0n) is 10.3. The zero-order valence-corrected chi connectivity index (χ0v) is 10.3. The Balaban J connectivity index is 2.33. The Kier molecular flexibility index (Phi) is 5.95. The maximum Gasteiger partial charge on any atom is 0.271 e. The first-order chi connectivity index (χ1) is 8.27. The highest BCUT2D eigenvalue weighted by Gasteiger charge is 2.04. The summed E-state index contributed by atoms with van der Waals surface area (Å²) in [6.45, 7) is 4.88. The molecule has 0 saturated carbocycles. The molecular weight excluding hydrogens is 218 g/mol. The SMILES string of the molecule is CCNCCCNc1ccc(C(=O)NC)nn1. The number of carbonyl (C=O) groups is 1. The molecule has 6 heteroatoms. The normalized spacial score (nSPS) is 10.0. The Morgan fingerprint density at radius 3 is 2.71 bits per heavy atom. The molecule has 17 heavy (non-hydrogen) atoms. The van der Waals surface area contributed by atoms with Gasteiger partial charge in [-0.15, -0.1) is 10.2 Å². The highest BCUT2D eigenvalue weighted by atomic mass is 16.1. The molecule has 1 aromatic rings. The number of nitrogens with zero attached hydrogens (tertiary/aromatic N) is 2. The molecule has 0 aromatic carbocycles. The van der Waals surface area contributed by atoms with Crippen molar-refractivity contribution >= 4 is 11.7 Å². The first-order valence-electron chi connectivity index (χ1n) is 5.78. The van der Waals surface area contributed by atoms with Gasteiger partial charge in [0, 0.05) is 13.6 Å². The van der Waals surface area contributed by atoms with Crippen molar-refractivity contribution in [3.05, 3.63) is 17.8 Å². The number of amides is 1. The van der Waals surface area contributed by atoms with Gasteiger partial charge in [-0.2, -0.15) is 0 Å². The van der Waals surface area contributed by atoms with E-state index in [1.807, 2.05) is 0 Å². The number of nitrogens with one attached hydrogen (secondary N) is 3. The van der Waals surface area contributed by atoms with Crippen LogP contribution in [0.1, 0.15) is 23.8 Å². The summed E-state index contributed by atoms with van der Waals surface area (Å²) in [6, 6.07) is 3.41. The van der Waals surface area contributed by atoms with E-state index in [1.165, 1.54) is 0 Å². The van der Waals surface area contributed by atoms with Crippen LogP contribution in [0.5, 0.6) is 0 Å². The Morgan fingerprint density at radius 1 is 1.29 bits per heavy atom. The van der Waals surface area contributed by atoms with Crippen molar-refractivity contribution in [3.63, 3.8) is 0 Å². The third-order valence-corrected chi connectivity index (χ3v) is 2.21. The number of hydrogen-bond acceptors (Lipinski definition) is 5. The summed E-state index contributed by atoms with van der Waals surface area (Å²) in [5.74, 6) is 0.463. The van der Waals surface area contributed by atoms with Crippen molar-refractivity contribution in [2.24, 2.45) is 0 Å². The summed E-state index contributed by atoms with van der Waals surface area (Å²) >= 11 is 0. The van der Waals surface area contributed by atoms with Crippen molar-refractivity contribution in [3.8, 4) is 0 Å². The number of carbonyl (C=O) groups excluding carboxylic acids is 1. The monoisotopic (exact) mass is 237 g/mol. The molecule has 0 radical (unpaired) electrons. The number of hydrogen-bond donors (Lipinski definition) is 3. The lowest BCUT2D eigenvalue weighted by Gasteiger charge is -2.05. The third-order valence-electron chi connectivity index (χ3n) is 2.21. The van der Waals surface area contributed by atoms with Crippen molar-refractivity contribution < 1.29 is 4.79 Å². The summed E-state index contributed by atoms with van der Waals surface area (Å²) in [5.41, 5.74) is 0.325. The predicted octanol–water partition coefficient (Wildman–Crippen LogP) is 0.248. The second-order valence-corrected chi connectivity index (χ2v) is 3.52. The molecule has 0 unspecified atom stereocenters. The fourth-order valence-electron chi connectivity index (χ4n) is 1.28. The van der Waals surface area contributed by atoms with E-state index in [-0.39, 0.29) is 5.91 Å². The van der Waals surface area contributed by atoms with Crippen molar-refractivity contribution in [2.75, 3.05) is 32.0 Å². The largest absolute Gasteiger partial charge is 0.369 e. The van der Waals surface area contributed by atoms with E-state index in [2.05, 4.69) is 33.1 Å². The molecule has 0 aliphatic rings. The minimum atomic E-state index is -0.226. The minimum absolute atomic E-state index is 0.226. The van der Waals surface area contributed by atoms with Crippen LogP contribution < -0.4 is 16.0 Å². The van der Waals surface area contributed by atoms with Gasteiger partial charge in [0.25, 0.3) is 5.91 Å². The standard InChI is InChI=1S/C11H19N5O/c1-3-13-7-4-8-14-10-6-5-9(15-16-10)11(17)12-2/h5-6,13H,3-4,7-8H2,1-2H3,(H,12,17)(H,14,16). The Bertz CT molecular complexity index is 338. The van der Waals surface area contributed by atoms with Crippen LogP contribution in [0.25, 0.3) is 0 Å². The Labute approximate surface area is 101 Å². The Morgan fingerprint density at radius 2 is 2.12 bits per heavy atom. The molecule has 0 aliphatic heterocycles. The molecule has 94 valence electrons. The number of rotatable bonds is 7.